The van der Waals surface area contributed by atoms with Crippen LogP contribution < -0.4 is 5.32 Å². The number of piperazine rings is 1. The van der Waals surface area contributed by atoms with Gasteiger partial charge in [-0.3, -0.25) is 9.69 Å². The molecule has 4 heteroatoms. The van der Waals surface area contributed by atoms with Crippen LogP contribution in [0, 0.1) is 5.41 Å². The van der Waals surface area contributed by atoms with Crippen LogP contribution >= 0.6 is 0 Å². The summed E-state index contributed by atoms with van der Waals surface area (Å²) in [5, 5.41) is 3.38. The molecule has 0 bridgehead atoms. The first-order valence-electron chi connectivity index (χ1n) is 7.43. The Hall–Kier alpha value is -0.610. The van der Waals surface area contributed by atoms with Crippen LogP contribution in [0.3, 0.4) is 0 Å². The highest BCUT2D eigenvalue weighted by molar-refractivity contribution is 5.83. The summed E-state index contributed by atoms with van der Waals surface area (Å²) in [6, 6.07) is 0.626. The van der Waals surface area contributed by atoms with Crippen molar-refractivity contribution in [2.24, 2.45) is 5.41 Å². The van der Waals surface area contributed by atoms with Gasteiger partial charge < -0.3 is 10.2 Å². The molecule has 18 heavy (non-hydrogen) atoms. The summed E-state index contributed by atoms with van der Waals surface area (Å²) < 4.78 is 0. The molecular weight excluding hydrogens is 226 g/mol. The normalized spacial score (nSPS) is 29.3. The average molecular weight is 251 g/mol. The van der Waals surface area contributed by atoms with Gasteiger partial charge in [-0.2, -0.15) is 0 Å². The molecule has 0 aromatic rings. The van der Waals surface area contributed by atoms with Crippen LogP contribution in [0.4, 0.5) is 0 Å². The highest BCUT2D eigenvalue weighted by atomic mass is 16.2. The second kappa shape index (κ2) is 4.82. The van der Waals surface area contributed by atoms with Gasteiger partial charge in [0, 0.05) is 50.7 Å². The lowest BCUT2D eigenvalue weighted by atomic mass is 9.85. The average Bonchev–Trinajstić information content (AvgIpc) is 2.77. The summed E-state index contributed by atoms with van der Waals surface area (Å²) in [6.07, 6.45) is 4.66. The Balaban J connectivity index is 1.50. The van der Waals surface area contributed by atoms with Crippen molar-refractivity contribution >= 4 is 5.91 Å². The maximum absolute atomic E-state index is 12.5. The van der Waals surface area contributed by atoms with Crippen LogP contribution in [0.5, 0.6) is 0 Å². The van der Waals surface area contributed by atoms with E-state index in [0.29, 0.717) is 11.9 Å². The van der Waals surface area contributed by atoms with Crippen molar-refractivity contribution in [1.82, 2.24) is 15.1 Å². The molecule has 4 nitrogen and oxygen atoms in total. The lowest BCUT2D eigenvalue weighted by molar-refractivity contribution is -0.148. The van der Waals surface area contributed by atoms with Crippen molar-refractivity contribution in [3.8, 4) is 0 Å². The lowest BCUT2D eigenvalue weighted by Crippen LogP contribution is -2.65. The third kappa shape index (κ3) is 2.16. The first kappa shape index (κ1) is 12.4. The van der Waals surface area contributed by atoms with Crippen molar-refractivity contribution in [3.63, 3.8) is 0 Å². The van der Waals surface area contributed by atoms with Gasteiger partial charge in [-0.05, 0) is 12.8 Å². The summed E-state index contributed by atoms with van der Waals surface area (Å²) in [7, 11) is 0. The Kier molecular flexibility index (Phi) is 3.32. The summed E-state index contributed by atoms with van der Waals surface area (Å²) in [6.45, 7) is 8.58. The van der Waals surface area contributed by atoms with Crippen LogP contribution in [-0.2, 0) is 4.79 Å². The van der Waals surface area contributed by atoms with Crippen molar-refractivity contribution in [3.05, 3.63) is 0 Å². The molecule has 1 amide bonds. The molecule has 102 valence electrons. The van der Waals surface area contributed by atoms with Gasteiger partial charge in [0.2, 0.25) is 5.91 Å². The molecule has 3 rings (SSSR count). The summed E-state index contributed by atoms with van der Waals surface area (Å²) >= 11 is 0. The molecule has 1 N–H and O–H groups in total. The van der Waals surface area contributed by atoms with Crippen LogP contribution in [0.15, 0.2) is 0 Å². The van der Waals surface area contributed by atoms with Crippen molar-refractivity contribution in [2.45, 2.75) is 38.6 Å². The monoisotopic (exact) mass is 251 g/mol. The third-order valence-electron chi connectivity index (χ3n) is 5.04. The van der Waals surface area contributed by atoms with E-state index < -0.39 is 0 Å². The minimum Gasteiger partial charge on any atom is -0.339 e. The number of likely N-dealkylation sites (tertiary alicyclic amines) is 1. The van der Waals surface area contributed by atoms with E-state index in [9.17, 15) is 4.79 Å². The van der Waals surface area contributed by atoms with Crippen LogP contribution in [0.25, 0.3) is 0 Å². The molecule has 2 saturated heterocycles. The highest BCUT2D eigenvalue weighted by Gasteiger charge is 2.44. The van der Waals surface area contributed by atoms with E-state index in [0.717, 1.165) is 52.1 Å². The van der Waals surface area contributed by atoms with Gasteiger partial charge >= 0.3 is 0 Å². The maximum Gasteiger partial charge on any atom is 0.228 e. The van der Waals surface area contributed by atoms with Crippen molar-refractivity contribution in [1.29, 1.82) is 0 Å². The van der Waals surface area contributed by atoms with Gasteiger partial charge in [-0.25, -0.2) is 0 Å². The van der Waals surface area contributed by atoms with Gasteiger partial charge in [0.05, 0.1) is 0 Å². The number of carbonyl (C=O) groups is 1. The number of nitrogens with zero attached hydrogens (tertiary/aromatic N) is 2. The Bertz CT molecular complexity index is 313. The molecule has 0 aromatic carbocycles. The van der Waals surface area contributed by atoms with E-state index in [1.165, 1.54) is 12.8 Å². The van der Waals surface area contributed by atoms with E-state index in [-0.39, 0.29) is 5.41 Å². The summed E-state index contributed by atoms with van der Waals surface area (Å²) in [5.74, 6) is 0.423. The second-order valence-corrected chi connectivity index (χ2v) is 6.42. The molecule has 0 spiro atoms. The zero-order valence-corrected chi connectivity index (χ0v) is 11.5. The number of amides is 1. The third-order valence-corrected chi connectivity index (χ3v) is 5.04. The fraction of sp³-hybridized carbons (Fsp3) is 0.929. The number of hydrogen-bond acceptors (Lipinski definition) is 3. The molecule has 3 fully saturated rings. The van der Waals surface area contributed by atoms with Gasteiger partial charge in [-0.15, -0.1) is 0 Å². The van der Waals surface area contributed by atoms with Crippen LogP contribution in [-0.4, -0.2) is 61.0 Å². The quantitative estimate of drug-likeness (QED) is 0.784. The zero-order chi connectivity index (χ0) is 12.6. The maximum atomic E-state index is 12.5. The van der Waals surface area contributed by atoms with Crippen LogP contribution in [0.1, 0.15) is 32.6 Å². The second-order valence-electron chi connectivity index (χ2n) is 6.42. The van der Waals surface area contributed by atoms with E-state index in [1.807, 2.05) is 0 Å². The standard InChI is InChI=1S/C14H25N3O/c1-14(4-2-3-5-14)13(18)17-10-12(11-17)16-8-6-15-7-9-16/h12,15H,2-11H2,1H3. The molecule has 0 unspecified atom stereocenters. The van der Waals surface area contributed by atoms with Gasteiger partial charge in [0.25, 0.3) is 0 Å². The molecular formula is C14H25N3O. The zero-order valence-electron chi connectivity index (χ0n) is 11.5. The predicted octanol–water partition coefficient (Wildman–Crippen LogP) is 0.683. The predicted molar refractivity (Wildman–Crippen MR) is 71.4 cm³/mol. The lowest BCUT2D eigenvalue weighted by Gasteiger charge is -2.48. The summed E-state index contributed by atoms with van der Waals surface area (Å²) in [5.41, 5.74) is -0.0333. The SMILES string of the molecule is CC1(C(=O)N2CC(N3CCNCC3)C2)CCCC1. The minimum atomic E-state index is -0.0333. The molecule has 3 aliphatic rings. The highest BCUT2D eigenvalue weighted by Crippen LogP contribution is 2.40. The largest absolute Gasteiger partial charge is 0.339 e. The Morgan fingerprint density at radius 2 is 1.78 bits per heavy atom. The first-order chi connectivity index (χ1) is 8.69. The molecule has 0 atom stereocenters. The minimum absolute atomic E-state index is 0.0333. The van der Waals surface area contributed by atoms with Crippen LogP contribution in [0.2, 0.25) is 0 Å². The first-order valence-corrected chi connectivity index (χ1v) is 7.43. The van der Waals surface area contributed by atoms with E-state index >= 15 is 0 Å². The van der Waals surface area contributed by atoms with E-state index in [2.05, 4.69) is 22.0 Å². The molecule has 2 aliphatic heterocycles. The molecule has 1 saturated carbocycles. The number of carbonyl (C=O) groups excluding carboxylic acids is 1. The number of rotatable bonds is 2. The van der Waals surface area contributed by atoms with Gasteiger partial charge in [0.15, 0.2) is 0 Å². The molecule has 0 aromatic heterocycles. The molecule has 2 heterocycles. The van der Waals surface area contributed by atoms with Crippen molar-refractivity contribution in [2.75, 3.05) is 39.3 Å². The molecule has 1 aliphatic carbocycles. The molecule has 0 radical (unpaired) electrons. The summed E-state index contributed by atoms with van der Waals surface area (Å²) in [4.78, 5) is 17.1. The number of hydrogen-bond donors (Lipinski definition) is 1. The smallest absolute Gasteiger partial charge is 0.228 e. The number of nitrogens with one attached hydrogen (secondary N) is 1. The Labute approximate surface area is 110 Å². The van der Waals surface area contributed by atoms with Gasteiger partial charge in [-0.1, -0.05) is 19.8 Å². The van der Waals surface area contributed by atoms with E-state index in [4.69, 9.17) is 0 Å². The fourth-order valence-electron chi connectivity index (χ4n) is 3.65. The van der Waals surface area contributed by atoms with Gasteiger partial charge in [0.1, 0.15) is 0 Å². The van der Waals surface area contributed by atoms with Crippen molar-refractivity contribution < 1.29 is 4.79 Å². The Morgan fingerprint density at radius 3 is 2.39 bits per heavy atom. The van der Waals surface area contributed by atoms with E-state index in [1.54, 1.807) is 0 Å². The fourth-order valence-corrected chi connectivity index (χ4v) is 3.65. The Morgan fingerprint density at radius 1 is 1.17 bits per heavy atom. The topological polar surface area (TPSA) is 35.6 Å².